The maximum absolute atomic E-state index is 11.5. The molecule has 9 heteroatoms. The number of aliphatic carboxylic acids is 2. The van der Waals surface area contributed by atoms with Crippen molar-refractivity contribution in [1.82, 2.24) is 10.6 Å². The summed E-state index contributed by atoms with van der Waals surface area (Å²) in [5.74, 6) is -3.46. The Bertz CT molecular complexity index is 331. The molecule has 0 rings (SSSR count). The normalized spacial score (nSPS) is 13.2. The first-order valence-corrected chi connectivity index (χ1v) is 4.97. The molecule has 18 heavy (non-hydrogen) atoms. The number of carboxylic acid groups (broad SMARTS) is 2. The Hall–Kier alpha value is -2.16. The van der Waals surface area contributed by atoms with E-state index in [9.17, 15) is 19.2 Å². The molecule has 0 saturated carbocycles. The lowest BCUT2D eigenvalue weighted by atomic mass is 10.1. The second-order valence-corrected chi connectivity index (χ2v) is 3.35. The summed E-state index contributed by atoms with van der Waals surface area (Å²) in [5, 5.41) is 29.8. The van der Waals surface area contributed by atoms with Gasteiger partial charge in [0.15, 0.2) is 0 Å². The zero-order chi connectivity index (χ0) is 14.1. The smallest absolute Gasteiger partial charge is 0.328 e. The van der Waals surface area contributed by atoms with Gasteiger partial charge in [0.25, 0.3) is 0 Å². The van der Waals surface area contributed by atoms with E-state index in [2.05, 4.69) is 5.32 Å². The Kier molecular flexibility index (Phi) is 7.05. The fraction of sp³-hybridized carbons (Fsp3) is 0.556. The van der Waals surface area contributed by atoms with Gasteiger partial charge in [-0.3, -0.25) is 14.4 Å². The Balaban J connectivity index is 4.49. The first-order chi connectivity index (χ1) is 8.42. The zero-order valence-electron chi connectivity index (χ0n) is 9.33. The molecule has 9 nitrogen and oxygen atoms in total. The number of hydrogen-bond donors (Lipinski definition) is 5. The SMILES string of the molecule is O=CNC(CCC(=O)O)C(=O)NC(CO)C(=O)O. The van der Waals surface area contributed by atoms with Crippen molar-refractivity contribution < 1.29 is 34.5 Å². The van der Waals surface area contributed by atoms with E-state index in [0.29, 0.717) is 0 Å². The van der Waals surface area contributed by atoms with Crippen LogP contribution < -0.4 is 10.6 Å². The van der Waals surface area contributed by atoms with Crippen LogP contribution in [0.3, 0.4) is 0 Å². The van der Waals surface area contributed by atoms with E-state index in [1.807, 2.05) is 5.32 Å². The van der Waals surface area contributed by atoms with E-state index in [0.717, 1.165) is 0 Å². The largest absolute Gasteiger partial charge is 0.481 e. The minimum Gasteiger partial charge on any atom is -0.481 e. The molecule has 5 N–H and O–H groups in total. The zero-order valence-corrected chi connectivity index (χ0v) is 9.33. The second kappa shape index (κ2) is 8.01. The Morgan fingerprint density at radius 3 is 2.17 bits per heavy atom. The molecule has 102 valence electrons. The molecule has 0 aromatic rings. The highest BCUT2D eigenvalue weighted by atomic mass is 16.4. The first-order valence-electron chi connectivity index (χ1n) is 4.97. The molecule has 0 aliphatic rings. The lowest BCUT2D eigenvalue weighted by Crippen LogP contribution is -2.51. The van der Waals surface area contributed by atoms with Gasteiger partial charge >= 0.3 is 11.9 Å². The van der Waals surface area contributed by atoms with Gasteiger partial charge in [0.2, 0.25) is 12.3 Å². The molecular weight excluding hydrogens is 248 g/mol. The predicted octanol–water partition coefficient (Wildman–Crippen LogP) is -2.47. The maximum Gasteiger partial charge on any atom is 0.328 e. The summed E-state index contributed by atoms with van der Waals surface area (Å²) in [6.07, 6.45) is -0.339. The van der Waals surface area contributed by atoms with Gasteiger partial charge in [0.05, 0.1) is 6.61 Å². The topological polar surface area (TPSA) is 153 Å². The van der Waals surface area contributed by atoms with E-state index in [-0.39, 0.29) is 19.3 Å². The van der Waals surface area contributed by atoms with Crippen molar-refractivity contribution in [2.45, 2.75) is 24.9 Å². The third kappa shape index (κ3) is 5.80. The lowest BCUT2D eigenvalue weighted by molar-refractivity contribution is -0.143. The summed E-state index contributed by atoms with van der Waals surface area (Å²) in [7, 11) is 0. The van der Waals surface area contributed by atoms with Crippen LogP contribution in [0.15, 0.2) is 0 Å². The van der Waals surface area contributed by atoms with Crippen LogP contribution in [-0.2, 0) is 19.2 Å². The van der Waals surface area contributed by atoms with Gasteiger partial charge in [-0.1, -0.05) is 0 Å². The monoisotopic (exact) mass is 262 g/mol. The number of amides is 2. The third-order valence-electron chi connectivity index (χ3n) is 2.03. The number of nitrogens with one attached hydrogen (secondary N) is 2. The molecule has 2 unspecified atom stereocenters. The summed E-state index contributed by atoms with van der Waals surface area (Å²) in [5.41, 5.74) is 0. The van der Waals surface area contributed by atoms with Gasteiger partial charge in [0.1, 0.15) is 12.1 Å². The van der Waals surface area contributed by atoms with Crippen LogP contribution in [0.1, 0.15) is 12.8 Å². The van der Waals surface area contributed by atoms with Gasteiger partial charge in [-0.15, -0.1) is 0 Å². The van der Waals surface area contributed by atoms with E-state index in [4.69, 9.17) is 15.3 Å². The van der Waals surface area contributed by atoms with Crippen LogP contribution in [-0.4, -0.2) is 58.3 Å². The molecule has 2 amide bonds. The van der Waals surface area contributed by atoms with Crippen molar-refractivity contribution in [3.63, 3.8) is 0 Å². The van der Waals surface area contributed by atoms with Crippen LogP contribution in [0.4, 0.5) is 0 Å². The molecule has 0 saturated heterocycles. The number of rotatable bonds is 9. The molecular formula is C9H14N2O7. The quantitative estimate of drug-likeness (QED) is 0.288. The highest BCUT2D eigenvalue weighted by molar-refractivity contribution is 5.88. The van der Waals surface area contributed by atoms with Crippen molar-refractivity contribution in [1.29, 1.82) is 0 Å². The van der Waals surface area contributed by atoms with E-state index in [1.54, 1.807) is 0 Å². The summed E-state index contributed by atoms with van der Waals surface area (Å²) in [4.78, 5) is 42.7. The molecule has 0 aromatic heterocycles. The Morgan fingerprint density at radius 1 is 1.17 bits per heavy atom. The van der Waals surface area contributed by atoms with Crippen LogP contribution in [0.2, 0.25) is 0 Å². The highest BCUT2D eigenvalue weighted by Crippen LogP contribution is 1.98. The predicted molar refractivity (Wildman–Crippen MR) is 56.5 cm³/mol. The van der Waals surface area contributed by atoms with Crippen LogP contribution in [0.25, 0.3) is 0 Å². The first kappa shape index (κ1) is 15.8. The molecule has 0 fully saturated rings. The summed E-state index contributed by atoms with van der Waals surface area (Å²) < 4.78 is 0. The molecule has 0 aromatic carbocycles. The van der Waals surface area contributed by atoms with E-state index in [1.165, 1.54) is 0 Å². The fourth-order valence-corrected chi connectivity index (χ4v) is 1.10. The van der Waals surface area contributed by atoms with E-state index >= 15 is 0 Å². The van der Waals surface area contributed by atoms with Crippen molar-refractivity contribution in [2.75, 3.05) is 6.61 Å². The van der Waals surface area contributed by atoms with Gasteiger partial charge < -0.3 is 26.0 Å². The van der Waals surface area contributed by atoms with E-state index < -0.39 is 36.5 Å². The summed E-state index contributed by atoms with van der Waals surface area (Å²) in [6.45, 7) is -0.812. The molecule has 0 radical (unpaired) electrons. The fourth-order valence-electron chi connectivity index (χ4n) is 1.10. The van der Waals surface area contributed by atoms with Crippen molar-refractivity contribution in [3.05, 3.63) is 0 Å². The van der Waals surface area contributed by atoms with Gasteiger partial charge in [-0.2, -0.15) is 0 Å². The molecule has 0 spiro atoms. The van der Waals surface area contributed by atoms with Crippen LogP contribution >= 0.6 is 0 Å². The minimum absolute atomic E-state index is 0.183. The number of aliphatic hydroxyl groups is 1. The van der Waals surface area contributed by atoms with Crippen molar-refractivity contribution in [3.8, 4) is 0 Å². The average Bonchev–Trinajstić information content (AvgIpc) is 2.30. The average molecular weight is 262 g/mol. The molecule has 2 atom stereocenters. The van der Waals surface area contributed by atoms with Crippen molar-refractivity contribution in [2.24, 2.45) is 0 Å². The number of aliphatic hydroxyl groups excluding tert-OH is 1. The second-order valence-electron chi connectivity index (χ2n) is 3.35. The number of carbonyl (C=O) groups is 4. The summed E-state index contributed by atoms with van der Waals surface area (Å²) in [6, 6.07) is -2.66. The molecule has 0 bridgehead atoms. The molecule has 0 aliphatic heterocycles. The van der Waals surface area contributed by atoms with Crippen molar-refractivity contribution >= 4 is 24.3 Å². The minimum atomic E-state index is -1.50. The highest BCUT2D eigenvalue weighted by Gasteiger charge is 2.24. The third-order valence-corrected chi connectivity index (χ3v) is 2.03. The number of carboxylic acids is 2. The molecule has 0 aliphatic carbocycles. The summed E-state index contributed by atoms with van der Waals surface area (Å²) >= 11 is 0. The van der Waals surface area contributed by atoms with Gasteiger partial charge in [-0.05, 0) is 6.42 Å². The maximum atomic E-state index is 11.5. The van der Waals surface area contributed by atoms with Crippen LogP contribution in [0.5, 0.6) is 0 Å². The number of carbonyl (C=O) groups excluding carboxylic acids is 2. The van der Waals surface area contributed by atoms with Crippen LogP contribution in [0, 0.1) is 0 Å². The standard InChI is InChI=1S/C9H14N2O7/c12-3-6(9(17)18)11-8(16)5(10-4-13)1-2-7(14)15/h4-6,12H,1-3H2,(H,10,13)(H,11,16)(H,14,15)(H,17,18). The molecule has 0 heterocycles. The number of hydrogen-bond acceptors (Lipinski definition) is 5. The lowest BCUT2D eigenvalue weighted by Gasteiger charge is -2.18. The Labute approximate surface area is 102 Å². The van der Waals surface area contributed by atoms with Gasteiger partial charge in [0, 0.05) is 6.42 Å². The Morgan fingerprint density at radius 2 is 1.78 bits per heavy atom. The van der Waals surface area contributed by atoms with Gasteiger partial charge in [-0.25, -0.2) is 4.79 Å².